The zero-order valence-corrected chi connectivity index (χ0v) is 10.3. The number of ketones is 1. The topological polar surface area (TPSA) is 69.7 Å². The monoisotopic (exact) mass is 242 g/mol. The lowest BCUT2D eigenvalue weighted by molar-refractivity contribution is -0.172. The van der Waals surface area contributed by atoms with E-state index in [0.29, 0.717) is 12.8 Å². The zero-order chi connectivity index (χ0) is 12.9. The van der Waals surface area contributed by atoms with Gasteiger partial charge in [-0.25, -0.2) is 0 Å². The van der Waals surface area contributed by atoms with Crippen molar-refractivity contribution in [1.82, 2.24) is 0 Å². The molecule has 0 aromatic carbocycles. The van der Waals surface area contributed by atoms with Crippen molar-refractivity contribution in [3.63, 3.8) is 0 Å². The first-order valence-corrected chi connectivity index (χ1v) is 5.82. The van der Waals surface area contributed by atoms with Gasteiger partial charge in [0.2, 0.25) is 5.78 Å². The van der Waals surface area contributed by atoms with Crippen LogP contribution in [0.4, 0.5) is 0 Å². The van der Waals surface area contributed by atoms with Crippen molar-refractivity contribution in [2.24, 2.45) is 0 Å². The lowest BCUT2D eigenvalue weighted by Gasteiger charge is -2.34. The molecule has 0 saturated heterocycles. The summed E-state index contributed by atoms with van der Waals surface area (Å²) in [4.78, 5) is 33.8. The van der Waals surface area contributed by atoms with Gasteiger partial charge in [0.05, 0.1) is 0 Å². The maximum Gasteiger partial charge on any atom is 0.303 e. The van der Waals surface area contributed by atoms with Gasteiger partial charge in [-0.3, -0.25) is 14.4 Å². The van der Waals surface area contributed by atoms with Crippen molar-refractivity contribution in [3.05, 3.63) is 0 Å². The van der Waals surface area contributed by atoms with Gasteiger partial charge in [0.25, 0.3) is 0 Å². The number of carbonyl (C=O) groups excluding carboxylic acids is 3. The Labute approximate surface area is 100 Å². The summed E-state index contributed by atoms with van der Waals surface area (Å²) in [6.07, 6.45) is 3.77. The molecule has 1 saturated carbocycles. The highest BCUT2D eigenvalue weighted by molar-refractivity contribution is 5.91. The second-order valence-corrected chi connectivity index (χ2v) is 4.35. The molecule has 1 rings (SSSR count). The predicted octanol–water partition coefficient (Wildman–Crippen LogP) is 1.38. The third kappa shape index (κ3) is 3.84. The molecule has 5 heteroatoms. The van der Waals surface area contributed by atoms with Crippen LogP contribution in [-0.4, -0.2) is 29.9 Å². The predicted molar refractivity (Wildman–Crippen MR) is 59.2 cm³/mol. The van der Waals surface area contributed by atoms with Gasteiger partial charge in [-0.05, 0) is 25.7 Å². The normalized spacial score (nSPS) is 18.2. The summed E-state index contributed by atoms with van der Waals surface area (Å²) in [6, 6.07) is 0. The lowest BCUT2D eigenvalue weighted by Crippen LogP contribution is -2.46. The minimum Gasteiger partial charge on any atom is -0.458 e. The average Bonchev–Trinajstić information content (AvgIpc) is 2.26. The van der Waals surface area contributed by atoms with Crippen LogP contribution in [0.2, 0.25) is 0 Å². The van der Waals surface area contributed by atoms with Gasteiger partial charge in [0.15, 0.2) is 12.2 Å². The number of hydrogen-bond acceptors (Lipinski definition) is 5. The fourth-order valence-electron chi connectivity index (χ4n) is 2.13. The van der Waals surface area contributed by atoms with Gasteiger partial charge in [-0.15, -0.1) is 0 Å². The van der Waals surface area contributed by atoms with E-state index in [1.54, 1.807) is 0 Å². The lowest BCUT2D eigenvalue weighted by atomic mass is 9.81. The first kappa shape index (κ1) is 13.7. The number of ether oxygens (including phenoxy) is 2. The number of Topliss-reactive ketones (excluding diaryl/α,β-unsaturated/α-hetero) is 1. The highest BCUT2D eigenvalue weighted by Gasteiger charge is 2.42. The van der Waals surface area contributed by atoms with Crippen LogP contribution in [0.25, 0.3) is 0 Å². The molecule has 0 atom stereocenters. The summed E-state index contributed by atoms with van der Waals surface area (Å²) < 4.78 is 9.88. The number of esters is 2. The minimum atomic E-state index is -1.07. The molecule has 17 heavy (non-hydrogen) atoms. The Morgan fingerprint density at radius 3 is 2.06 bits per heavy atom. The summed E-state index contributed by atoms with van der Waals surface area (Å²) in [7, 11) is 0. The van der Waals surface area contributed by atoms with Crippen LogP contribution in [-0.2, 0) is 23.9 Å². The summed E-state index contributed by atoms with van der Waals surface area (Å²) in [5, 5.41) is 0. The molecule has 1 fully saturated rings. The van der Waals surface area contributed by atoms with Crippen LogP contribution in [0.5, 0.6) is 0 Å². The van der Waals surface area contributed by atoms with Crippen molar-refractivity contribution >= 4 is 17.7 Å². The molecular weight excluding hydrogens is 224 g/mol. The van der Waals surface area contributed by atoms with E-state index in [1.165, 1.54) is 13.8 Å². The van der Waals surface area contributed by atoms with E-state index in [1.807, 2.05) is 0 Å². The van der Waals surface area contributed by atoms with E-state index in [-0.39, 0.29) is 12.4 Å². The molecule has 0 unspecified atom stereocenters. The third-order valence-electron chi connectivity index (χ3n) is 2.92. The van der Waals surface area contributed by atoms with E-state index in [9.17, 15) is 14.4 Å². The van der Waals surface area contributed by atoms with E-state index < -0.39 is 17.5 Å². The molecule has 0 aromatic heterocycles. The Hall–Kier alpha value is -1.39. The molecule has 0 aromatic rings. The fraction of sp³-hybridized carbons (Fsp3) is 0.750. The molecule has 1 aliphatic carbocycles. The van der Waals surface area contributed by atoms with Gasteiger partial charge in [-0.2, -0.15) is 0 Å². The molecule has 96 valence electrons. The molecular formula is C12H18O5. The first-order chi connectivity index (χ1) is 7.96. The molecule has 0 amide bonds. The number of hydrogen-bond donors (Lipinski definition) is 0. The summed E-state index contributed by atoms with van der Waals surface area (Å²) in [5.41, 5.74) is -1.07. The molecule has 5 nitrogen and oxygen atoms in total. The van der Waals surface area contributed by atoms with Gasteiger partial charge in [0.1, 0.15) is 0 Å². The SMILES string of the molecule is CC(=O)OCC(=O)C1(OC(C)=O)CCCCC1. The highest BCUT2D eigenvalue weighted by atomic mass is 16.6. The molecule has 0 bridgehead atoms. The maximum atomic E-state index is 12.0. The molecule has 0 aliphatic heterocycles. The minimum absolute atomic E-state index is 0.317. The smallest absolute Gasteiger partial charge is 0.303 e. The summed E-state index contributed by atoms with van der Waals surface area (Å²) in [6.45, 7) is 2.21. The van der Waals surface area contributed by atoms with Gasteiger partial charge in [0, 0.05) is 13.8 Å². The summed E-state index contributed by atoms with van der Waals surface area (Å²) >= 11 is 0. The Morgan fingerprint density at radius 1 is 1.00 bits per heavy atom. The first-order valence-electron chi connectivity index (χ1n) is 5.82. The quantitative estimate of drug-likeness (QED) is 0.697. The van der Waals surface area contributed by atoms with Crippen molar-refractivity contribution in [3.8, 4) is 0 Å². The van der Waals surface area contributed by atoms with E-state index in [2.05, 4.69) is 4.74 Å². The van der Waals surface area contributed by atoms with Crippen molar-refractivity contribution in [2.75, 3.05) is 6.61 Å². The Kier molecular flexibility index (Phi) is 4.66. The van der Waals surface area contributed by atoms with Crippen LogP contribution in [0.1, 0.15) is 46.0 Å². The van der Waals surface area contributed by atoms with Crippen LogP contribution in [0.15, 0.2) is 0 Å². The Morgan fingerprint density at radius 2 is 1.59 bits per heavy atom. The number of rotatable bonds is 4. The van der Waals surface area contributed by atoms with Gasteiger partial charge >= 0.3 is 11.9 Å². The second-order valence-electron chi connectivity index (χ2n) is 4.35. The number of carbonyl (C=O) groups is 3. The molecule has 0 radical (unpaired) electrons. The average molecular weight is 242 g/mol. The van der Waals surface area contributed by atoms with Crippen LogP contribution in [0.3, 0.4) is 0 Å². The third-order valence-corrected chi connectivity index (χ3v) is 2.92. The van der Waals surface area contributed by atoms with E-state index in [4.69, 9.17) is 4.74 Å². The molecule has 0 spiro atoms. The van der Waals surface area contributed by atoms with Crippen LogP contribution in [0, 0.1) is 0 Å². The Balaban J connectivity index is 2.70. The standard InChI is InChI=1S/C12H18O5/c1-9(13)16-8-11(15)12(17-10(2)14)6-4-3-5-7-12/h3-8H2,1-2H3. The van der Waals surface area contributed by atoms with E-state index in [0.717, 1.165) is 19.3 Å². The highest BCUT2D eigenvalue weighted by Crippen LogP contribution is 2.32. The van der Waals surface area contributed by atoms with Crippen molar-refractivity contribution < 1.29 is 23.9 Å². The molecule has 1 aliphatic rings. The van der Waals surface area contributed by atoms with Crippen molar-refractivity contribution in [1.29, 1.82) is 0 Å². The molecule has 0 N–H and O–H groups in total. The largest absolute Gasteiger partial charge is 0.458 e. The maximum absolute atomic E-state index is 12.0. The zero-order valence-electron chi connectivity index (χ0n) is 10.3. The molecule has 0 heterocycles. The van der Waals surface area contributed by atoms with Crippen LogP contribution >= 0.6 is 0 Å². The van der Waals surface area contributed by atoms with Gasteiger partial charge < -0.3 is 9.47 Å². The van der Waals surface area contributed by atoms with Crippen LogP contribution < -0.4 is 0 Å². The van der Waals surface area contributed by atoms with Crippen molar-refractivity contribution in [2.45, 2.75) is 51.6 Å². The Bertz CT molecular complexity index is 315. The second kappa shape index (κ2) is 5.80. The van der Waals surface area contributed by atoms with Gasteiger partial charge in [-0.1, -0.05) is 6.42 Å². The summed E-state index contributed by atoms with van der Waals surface area (Å²) in [5.74, 6) is -1.29. The van der Waals surface area contributed by atoms with E-state index >= 15 is 0 Å². The fourth-order valence-corrected chi connectivity index (χ4v) is 2.13.